The van der Waals surface area contributed by atoms with Crippen molar-refractivity contribution in [3.8, 4) is 11.1 Å². The predicted octanol–water partition coefficient (Wildman–Crippen LogP) is 3.24. The molecule has 1 saturated heterocycles. The molecule has 3 rings (SSSR count). The van der Waals surface area contributed by atoms with Crippen LogP contribution in [0.15, 0.2) is 36.7 Å². The van der Waals surface area contributed by atoms with E-state index in [-0.39, 0.29) is 0 Å². The van der Waals surface area contributed by atoms with Gasteiger partial charge in [0.25, 0.3) is 0 Å². The van der Waals surface area contributed by atoms with Gasteiger partial charge in [-0.05, 0) is 44.0 Å². The lowest BCUT2D eigenvalue weighted by molar-refractivity contribution is 0.263. The number of rotatable bonds is 3. The fourth-order valence-electron chi connectivity index (χ4n) is 2.86. The van der Waals surface area contributed by atoms with E-state index in [2.05, 4.69) is 47.4 Å². The third-order valence-electron chi connectivity index (χ3n) is 4.12. The van der Waals surface area contributed by atoms with E-state index in [0.29, 0.717) is 6.04 Å². The van der Waals surface area contributed by atoms with Gasteiger partial charge < -0.3 is 0 Å². The summed E-state index contributed by atoms with van der Waals surface area (Å²) < 4.78 is 1.84. The fraction of sp³-hybridized carbons (Fsp3) is 0.438. The van der Waals surface area contributed by atoms with Gasteiger partial charge in [0.15, 0.2) is 0 Å². The molecule has 1 aromatic heterocycles. The molecule has 1 fully saturated rings. The van der Waals surface area contributed by atoms with Crippen LogP contribution in [0.3, 0.4) is 0 Å². The molecule has 1 atom stereocenters. The van der Waals surface area contributed by atoms with Gasteiger partial charge in [-0.3, -0.25) is 9.58 Å². The second kappa shape index (κ2) is 5.17. The van der Waals surface area contributed by atoms with E-state index in [1.807, 2.05) is 17.9 Å². The molecule has 0 N–H and O–H groups in total. The van der Waals surface area contributed by atoms with Crippen molar-refractivity contribution in [2.24, 2.45) is 7.05 Å². The minimum atomic E-state index is 0.533. The zero-order valence-corrected chi connectivity index (χ0v) is 11.7. The number of likely N-dealkylation sites (tertiary alicyclic amines) is 1. The SMILES string of the molecule is CC(c1ccc(-c2cnn(C)c2)cc1)N1CCCC1. The van der Waals surface area contributed by atoms with Crippen LogP contribution in [0, 0.1) is 0 Å². The third-order valence-corrected chi connectivity index (χ3v) is 4.12. The van der Waals surface area contributed by atoms with Crippen LogP contribution in [0.25, 0.3) is 11.1 Å². The number of hydrogen-bond donors (Lipinski definition) is 0. The van der Waals surface area contributed by atoms with E-state index in [4.69, 9.17) is 0 Å². The van der Waals surface area contributed by atoms with Gasteiger partial charge >= 0.3 is 0 Å². The lowest BCUT2D eigenvalue weighted by Crippen LogP contribution is -2.23. The maximum absolute atomic E-state index is 4.22. The van der Waals surface area contributed by atoms with E-state index in [9.17, 15) is 0 Å². The Morgan fingerprint density at radius 1 is 1.05 bits per heavy atom. The number of nitrogens with zero attached hydrogens (tertiary/aromatic N) is 3. The molecule has 3 nitrogen and oxygen atoms in total. The van der Waals surface area contributed by atoms with Crippen LogP contribution in [-0.4, -0.2) is 27.8 Å². The number of aryl methyl sites for hydroxylation is 1. The molecule has 3 heteroatoms. The van der Waals surface area contributed by atoms with E-state index in [0.717, 1.165) is 0 Å². The Labute approximate surface area is 114 Å². The average Bonchev–Trinajstić information content (AvgIpc) is 3.09. The summed E-state index contributed by atoms with van der Waals surface area (Å²) in [6.45, 7) is 4.79. The van der Waals surface area contributed by atoms with E-state index in [1.165, 1.54) is 42.6 Å². The molecule has 2 heterocycles. The van der Waals surface area contributed by atoms with Crippen molar-refractivity contribution in [2.45, 2.75) is 25.8 Å². The first-order valence-electron chi connectivity index (χ1n) is 7.07. The lowest BCUT2D eigenvalue weighted by Gasteiger charge is -2.24. The van der Waals surface area contributed by atoms with Gasteiger partial charge in [-0.1, -0.05) is 24.3 Å². The first-order valence-corrected chi connectivity index (χ1v) is 7.07. The molecule has 0 spiro atoms. The summed E-state index contributed by atoms with van der Waals surface area (Å²) >= 11 is 0. The Kier molecular flexibility index (Phi) is 3.38. The van der Waals surface area contributed by atoms with Gasteiger partial charge in [0.05, 0.1) is 6.20 Å². The van der Waals surface area contributed by atoms with Crippen LogP contribution in [0.4, 0.5) is 0 Å². The Bertz CT molecular complexity index is 535. The topological polar surface area (TPSA) is 21.1 Å². The molecule has 1 aliphatic rings. The first kappa shape index (κ1) is 12.4. The van der Waals surface area contributed by atoms with Crippen molar-refractivity contribution in [1.29, 1.82) is 0 Å². The summed E-state index contributed by atoms with van der Waals surface area (Å²) in [5, 5.41) is 4.22. The zero-order valence-electron chi connectivity index (χ0n) is 11.7. The molecular weight excluding hydrogens is 234 g/mol. The minimum absolute atomic E-state index is 0.533. The smallest absolute Gasteiger partial charge is 0.0568 e. The van der Waals surface area contributed by atoms with Crippen molar-refractivity contribution in [3.05, 3.63) is 42.2 Å². The van der Waals surface area contributed by atoms with Crippen molar-refractivity contribution in [3.63, 3.8) is 0 Å². The Balaban J connectivity index is 1.78. The summed E-state index contributed by atoms with van der Waals surface area (Å²) in [7, 11) is 1.95. The van der Waals surface area contributed by atoms with E-state index in [1.54, 1.807) is 0 Å². The fourth-order valence-corrected chi connectivity index (χ4v) is 2.86. The number of benzene rings is 1. The molecule has 1 aromatic carbocycles. The van der Waals surface area contributed by atoms with Crippen molar-refractivity contribution in [1.82, 2.24) is 14.7 Å². The Morgan fingerprint density at radius 2 is 1.74 bits per heavy atom. The van der Waals surface area contributed by atoms with Crippen LogP contribution in [0.1, 0.15) is 31.4 Å². The average molecular weight is 255 g/mol. The van der Waals surface area contributed by atoms with Crippen LogP contribution >= 0.6 is 0 Å². The molecule has 0 radical (unpaired) electrons. The van der Waals surface area contributed by atoms with Gasteiger partial charge in [-0.2, -0.15) is 5.10 Å². The molecule has 2 aromatic rings. The highest BCUT2D eigenvalue weighted by molar-refractivity contribution is 5.62. The number of hydrogen-bond acceptors (Lipinski definition) is 2. The molecule has 19 heavy (non-hydrogen) atoms. The van der Waals surface area contributed by atoms with Gasteiger partial charge in [-0.15, -0.1) is 0 Å². The van der Waals surface area contributed by atoms with Gasteiger partial charge in [0.2, 0.25) is 0 Å². The van der Waals surface area contributed by atoms with Gasteiger partial charge in [0, 0.05) is 24.8 Å². The number of aromatic nitrogens is 2. The maximum atomic E-state index is 4.22. The monoisotopic (exact) mass is 255 g/mol. The second-order valence-electron chi connectivity index (χ2n) is 5.44. The summed E-state index contributed by atoms with van der Waals surface area (Å²) in [5.41, 5.74) is 3.84. The molecule has 0 saturated carbocycles. The van der Waals surface area contributed by atoms with Crippen molar-refractivity contribution < 1.29 is 0 Å². The molecule has 0 bridgehead atoms. The van der Waals surface area contributed by atoms with Crippen molar-refractivity contribution >= 4 is 0 Å². The summed E-state index contributed by atoms with van der Waals surface area (Å²) in [4.78, 5) is 2.57. The predicted molar refractivity (Wildman–Crippen MR) is 77.9 cm³/mol. The van der Waals surface area contributed by atoms with Gasteiger partial charge in [0.1, 0.15) is 0 Å². The largest absolute Gasteiger partial charge is 0.297 e. The van der Waals surface area contributed by atoms with Crippen LogP contribution in [-0.2, 0) is 7.05 Å². The second-order valence-corrected chi connectivity index (χ2v) is 5.44. The third kappa shape index (κ3) is 2.56. The molecule has 1 aliphatic heterocycles. The highest BCUT2D eigenvalue weighted by atomic mass is 15.2. The Hall–Kier alpha value is -1.61. The Morgan fingerprint density at radius 3 is 2.32 bits per heavy atom. The standard InChI is InChI=1S/C16H21N3/c1-13(19-9-3-4-10-19)14-5-7-15(8-6-14)16-11-17-18(2)12-16/h5-8,11-13H,3-4,9-10H2,1-2H3. The summed E-state index contributed by atoms with van der Waals surface area (Å²) in [5.74, 6) is 0. The molecular formula is C16H21N3. The van der Waals surface area contributed by atoms with Gasteiger partial charge in [-0.25, -0.2) is 0 Å². The maximum Gasteiger partial charge on any atom is 0.0568 e. The van der Waals surface area contributed by atoms with Crippen LogP contribution < -0.4 is 0 Å². The van der Waals surface area contributed by atoms with E-state index >= 15 is 0 Å². The minimum Gasteiger partial charge on any atom is -0.297 e. The summed E-state index contributed by atoms with van der Waals surface area (Å²) in [6, 6.07) is 9.46. The van der Waals surface area contributed by atoms with Crippen LogP contribution in [0.5, 0.6) is 0 Å². The molecule has 0 aliphatic carbocycles. The molecule has 1 unspecified atom stereocenters. The molecule has 0 amide bonds. The van der Waals surface area contributed by atoms with Crippen LogP contribution in [0.2, 0.25) is 0 Å². The zero-order chi connectivity index (χ0) is 13.2. The highest BCUT2D eigenvalue weighted by Gasteiger charge is 2.19. The lowest BCUT2D eigenvalue weighted by atomic mass is 10.0. The highest BCUT2D eigenvalue weighted by Crippen LogP contribution is 2.26. The summed E-state index contributed by atoms with van der Waals surface area (Å²) in [6.07, 6.45) is 6.66. The quantitative estimate of drug-likeness (QED) is 0.839. The normalized spacial score (nSPS) is 17.8. The van der Waals surface area contributed by atoms with Crippen molar-refractivity contribution in [2.75, 3.05) is 13.1 Å². The molecule has 100 valence electrons. The first-order chi connectivity index (χ1) is 9.24. The van der Waals surface area contributed by atoms with E-state index < -0.39 is 0 Å².